The van der Waals surface area contributed by atoms with Crippen molar-refractivity contribution < 1.29 is 4.74 Å². The molecule has 1 fully saturated rings. The first-order valence-electron chi connectivity index (χ1n) is 5.34. The van der Waals surface area contributed by atoms with Crippen molar-refractivity contribution in [3.63, 3.8) is 0 Å². The van der Waals surface area contributed by atoms with Gasteiger partial charge in [0.1, 0.15) is 5.75 Å². The van der Waals surface area contributed by atoms with Crippen molar-refractivity contribution in [2.24, 2.45) is 26.6 Å². The van der Waals surface area contributed by atoms with Crippen molar-refractivity contribution in [1.82, 2.24) is 0 Å². The van der Waals surface area contributed by atoms with Gasteiger partial charge in [-0.25, -0.2) is 0 Å². The lowest BCUT2D eigenvalue weighted by Gasteiger charge is -2.19. The molecule has 1 aromatic carbocycles. The highest BCUT2D eigenvalue weighted by molar-refractivity contribution is 5.33. The molecule has 5 heteroatoms. The third kappa shape index (κ3) is 1.31. The minimum Gasteiger partial charge on any atom is -0.497 e. The lowest BCUT2D eigenvalue weighted by molar-refractivity contribution is 0.396. The molecular weight excluding hydrogens is 204 g/mol. The molecule has 2 aliphatic rings. The van der Waals surface area contributed by atoms with Gasteiger partial charge in [0.2, 0.25) is 5.66 Å². The number of ether oxygens (including phenoxy) is 1. The molecule has 1 aliphatic carbocycles. The molecule has 1 saturated carbocycles. The van der Waals surface area contributed by atoms with E-state index in [0.29, 0.717) is 5.92 Å². The van der Waals surface area contributed by atoms with E-state index >= 15 is 0 Å². The predicted octanol–water partition coefficient (Wildman–Crippen LogP) is 3.09. The van der Waals surface area contributed by atoms with Crippen molar-refractivity contribution in [3.8, 4) is 5.75 Å². The Kier molecular flexibility index (Phi) is 1.99. The molecule has 0 aromatic heterocycles. The topological polar surface area (TPSA) is 58.7 Å². The quantitative estimate of drug-likeness (QED) is 0.765. The predicted molar refractivity (Wildman–Crippen MR) is 57.1 cm³/mol. The molecule has 1 aromatic rings. The van der Waals surface area contributed by atoms with Crippen LogP contribution in [0, 0.1) is 5.92 Å². The number of methoxy groups -OCH3 is 1. The Labute approximate surface area is 93.2 Å². The maximum absolute atomic E-state index is 5.13. The second-order valence-electron chi connectivity index (χ2n) is 4.11. The lowest BCUT2D eigenvalue weighted by Crippen LogP contribution is -2.21. The van der Waals surface area contributed by atoms with Crippen molar-refractivity contribution in [3.05, 3.63) is 29.8 Å². The Hall–Kier alpha value is -1.78. The Bertz CT molecular complexity index is 436. The smallest absolute Gasteiger partial charge is 0.222 e. The van der Waals surface area contributed by atoms with Crippen LogP contribution in [0.25, 0.3) is 0 Å². The second-order valence-corrected chi connectivity index (χ2v) is 4.11. The molecule has 82 valence electrons. The highest BCUT2D eigenvalue weighted by Crippen LogP contribution is 2.51. The maximum atomic E-state index is 5.13. The van der Waals surface area contributed by atoms with Gasteiger partial charge in [0.05, 0.1) is 7.11 Å². The van der Waals surface area contributed by atoms with Crippen LogP contribution in [-0.2, 0) is 5.66 Å². The van der Waals surface area contributed by atoms with Gasteiger partial charge in [0.15, 0.2) is 0 Å². The third-order valence-electron chi connectivity index (χ3n) is 3.10. The van der Waals surface area contributed by atoms with E-state index in [4.69, 9.17) is 4.74 Å². The van der Waals surface area contributed by atoms with Crippen molar-refractivity contribution in [2.45, 2.75) is 18.5 Å². The summed E-state index contributed by atoms with van der Waals surface area (Å²) in [5.74, 6) is 1.29. The molecule has 0 bridgehead atoms. The molecule has 0 spiro atoms. The van der Waals surface area contributed by atoms with E-state index in [0.717, 1.165) is 24.2 Å². The molecule has 1 aliphatic heterocycles. The first-order valence-corrected chi connectivity index (χ1v) is 5.34. The summed E-state index contributed by atoms with van der Waals surface area (Å²) in [6, 6.07) is 7.81. The SMILES string of the molecule is COc1ccc(C2(C3CC3)N=NN=N2)cc1. The Balaban J connectivity index is 2.00. The van der Waals surface area contributed by atoms with Crippen LogP contribution >= 0.6 is 0 Å². The van der Waals surface area contributed by atoms with E-state index in [9.17, 15) is 0 Å². The van der Waals surface area contributed by atoms with Crippen LogP contribution in [0.3, 0.4) is 0 Å². The zero-order chi connectivity index (χ0) is 11.0. The Morgan fingerprint density at radius 3 is 2.25 bits per heavy atom. The van der Waals surface area contributed by atoms with Gasteiger partial charge >= 0.3 is 0 Å². The molecule has 0 unspecified atom stereocenters. The van der Waals surface area contributed by atoms with Gasteiger partial charge < -0.3 is 4.74 Å². The van der Waals surface area contributed by atoms with Crippen LogP contribution < -0.4 is 4.74 Å². The summed E-state index contributed by atoms with van der Waals surface area (Å²) in [5, 5.41) is 15.8. The lowest BCUT2D eigenvalue weighted by atomic mass is 9.96. The molecule has 5 nitrogen and oxygen atoms in total. The standard InChI is InChI=1S/C11H12N4O/c1-16-10-6-4-9(5-7-10)11(8-2-3-8)12-14-15-13-11/h4-8H,2-3H2,1H3. The summed E-state index contributed by atoms with van der Waals surface area (Å²) in [6.07, 6.45) is 2.29. The minimum atomic E-state index is -0.549. The number of nitrogens with zero attached hydrogens (tertiary/aromatic N) is 4. The summed E-state index contributed by atoms with van der Waals surface area (Å²) >= 11 is 0. The number of rotatable bonds is 3. The molecule has 3 rings (SSSR count). The van der Waals surface area contributed by atoms with Crippen LogP contribution in [0.5, 0.6) is 5.75 Å². The molecule has 16 heavy (non-hydrogen) atoms. The Morgan fingerprint density at radius 2 is 1.75 bits per heavy atom. The molecule has 0 N–H and O–H groups in total. The number of benzene rings is 1. The molecule has 1 heterocycles. The monoisotopic (exact) mass is 216 g/mol. The van der Waals surface area contributed by atoms with Gasteiger partial charge in [-0.3, -0.25) is 0 Å². The first kappa shape index (κ1) is 9.45. The normalized spacial score (nSPS) is 21.3. The van der Waals surface area contributed by atoms with Crippen molar-refractivity contribution >= 4 is 0 Å². The zero-order valence-corrected chi connectivity index (χ0v) is 9.00. The van der Waals surface area contributed by atoms with E-state index < -0.39 is 5.66 Å². The van der Waals surface area contributed by atoms with Crippen LogP contribution in [-0.4, -0.2) is 7.11 Å². The molecule has 0 saturated heterocycles. The molecular formula is C11H12N4O. The zero-order valence-electron chi connectivity index (χ0n) is 9.00. The summed E-state index contributed by atoms with van der Waals surface area (Å²) in [5.41, 5.74) is 0.493. The summed E-state index contributed by atoms with van der Waals surface area (Å²) in [7, 11) is 1.65. The van der Waals surface area contributed by atoms with Crippen molar-refractivity contribution in [1.29, 1.82) is 0 Å². The van der Waals surface area contributed by atoms with Gasteiger partial charge in [-0.2, -0.15) is 0 Å². The number of hydrogen-bond acceptors (Lipinski definition) is 5. The Morgan fingerprint density at radius 1 is 1.12 bits per heavy atom. The van der Waals surface area contributed by atoms with Crippen LogP contribution in [0.15, 0.2) is 44.9 Å². The molecule has 0 atom stereocenters. The second kappa shape index (κ2) is 3.37. The fourth-order valence-electron chi connectivity index (χ4n) is 2.03. The van der Waals surface area contributed by atoms with E-state index in [-0.39, 0.29) is 0 Å². The van der Waals surface area contributed by atoms with Crippen LogP contribution in [0.1, 0.15) is 18.4 Å². The van der Waals surface area contributed by atoms with E-state index in [1.807, 2.05) is 24.3 Å². The van der Waals surface area contributed by atoms with E-state index in [2.05, 4.69) is 20.7 Å². The average Bonchev–Trinajstić information content (AvgIpc) is 3.09. The van der Waals surface area contributed by atoms with E-state index in [1.165, 1.54) is 0 Å². The largest absolute Gasteiger partial charge is 0.497 e. The van der Waals surface area contributed by atoms with Gasteiger partial charge in [0.25, 0.3) is 0 Å². The van der Waals surface area contributed by atoms with E-state index in [1.54, 1.807) is 7.11 Å². The number of hydrogen-bond donors (Lipinski definition) is 0. The first-order chi connectivity index (χ1) is 7.85. The fraction of sp³-hybridized carbons (Fsp3) is 0.455. The summed E-state index contributed by atoms with van der Waals surface area (Å²) < 4.78 is 5.13. The average molecular weight is 216 g/mol. The van der Waals surface area contributed by atoms with Crippen LogP contribution in [0.4, 0.5) is 0 Å². The van der Waals surface area contributed by atoms with Gasteiger partial charge in [-0.15, -0.1) is 10.2 Å². The van der Waals surface area contributed by atoms with Gasteiger partial charge in [-0.05, 0) is 35.4 Å². The third-order valence-corrected chi connectivity index (χ3v) is 3.10. The van der Waals surface area contributed by atoms with Crippen LogP contribution in [0.2, 0.25) is 0 Å². The maximum Gasteiger partial charge on any atom is 0.222 e. The molecule has 0 radical (unpaired) electrons. The minimum absolute atomic E-state index is 0.455. The summed E-state index contributed by atoms with van der Waals surface area (Å²) in [6.45, 7) is 0. The summed E-state index contributed by atoms with van der Waals surface area (Å²) in [4.78, 5) is 0. The highest BCUT2D eigenvalue weighted by Gasteiger charge is 2.49. The fourth-order valence-corrected chi connectivity index (χ4v) is 2.03. The van der Waals surface area contributed by atoms with Gasteiger partial charge in [0, 0.05) is 11.5 Å². The van der Waals surface area contributed by atoms with Crippen molar-refractivity contribution in [2.75, 3.05) is 7.11 Å². The highest BCUT2D eigenvalue weighted by atomic mass is 16.5. The van der Waals surface area contributed by atoms with Gasteiger partial charge in [-0.1, -0.05) is 12.1 Å². The molecule has 0 amide bonds.